The summed E-state index contributed by atoms with van der Waals surface area (Å²) in [7, 11) is -3.26. The molecule has 1 heterocycles. The average Bonchev–Trinajstić information content (AvgIpc) is 2.97. The molecule has 0 spiro atoms. The number of likely N-dealkylation sites (N-methyl/N-ethyl adjacent to an activating group) is 1. The van der Waals surface area contributed by atoms with Gasteiger partial charge in [0.05, 0.1) is 17.4 Å². The monoisotopic (exact) mass is 561 g/mol. The van der Waals surface area contributed by atoms with Crippen molar-refractivity contribution in [2.75, 3.05) is 32.4 Å². The summed E-state index contributed by atoms with van der Waals surface area (Å²) in [4.78, 5) is 30.7. The highest BCUT2D eigenvalue weighted by atomic mass is 32.2. The number of hydrogen-bond donors (Lipinski definition) is 1. The van der Waals surface area contributed by atoms with Crippen LogP contribution < -0.4 is 5.32 Å². The van der Waals surface area contributed by atoms with Crippen LogP contribution in [0.3, 0.4) is 0 Å². The Labute approximate surface area is 238 Å². The van der Waals surface area contributed by atoms with Crippen molar-refractivity contribution in [1.29, 1.82) is 0 Å². The molecular formula is C32H39N3O4S. The van der Waals surface area contributed by atoms with Gasteiger partial charge in [0.1, 0.15) is 0 Å². The van der Waals surface area contributed by atoms with E-state index in [-0.39, 0.29) is 35.2 Å². The van der Waals surface area contributed by atoms with Gasteiger partial charge in [-0.2, -0.15) is 0 Å². The molecule has 0 aromatic heterocycles. The number of carbonyl (C=O) groups is 2. The van der Waals surface area contributed by atoms with Gasteiger partial charge in [0, 0.05) is 44.0 Å². The molecule has 212 valence electrons. The first kappa shape index (κ1) is 29.5. The maximum atomic E-state index is 13.2. The number of rotatable bonds is 11. The molecule has 7 nitrogen and oxygen atoms in total. The van der Waals surface area contributed by atoms with Gasteiger partial charge in [-0.25, -0.2) is 8.42 Å². The average molecular weight is 562 g/mol. The molecule has 0 saturated carbocycles. The molecule has 2 amide bonds. The van der Waals surface area contributed by atoms with Crippen molar-refractivity contribution >= 4 is 21.7 Å². The number of piperidine rings is 1. The van der Waals surface area contributed by atoms with Crippen molar-refractivity contribution in [3.8, 4) is 0 Å². The van der Waals surface area contributed by atoms with E-state index in [0.717, 1.165) is 50.0 Å². The lowest BCUT2D eigenvalue weighted by atomic mass is 9.99. The first-order valence-corrected chi connectivity index (χ1v) is 15.9. The zero-order valence-electron chi connectivity index (χ0n) is 23.3. The Kier molecular flexibility index (Phi) is 10.1. The molecular weight excluding hydrogens is 522 g/mol. The molecule has 3 aromatic rings. The lowest BCUT2D eigenvalue weighted by molar-refractivity contribution is -0.133. The van der Waals surface area contributed by atoms with Crippen molar-refractivity contribution in [2.24, 2.45) is 0 Å². The minimum absolute atomic E-state index is 0.0702. The largest absolute Gasteiger partial charge is 0.345 e. The van der Waals surface area contributed by atoms with E-state index in [1.807, 2.05) is 60.4 Å². The van der Waals surface area contributed by atoms with Crippen LogP contribution in [0.25, 0.3) is 0 Å². The van der Waals surface area contributed by atoms with Crippen LogP contribution in [0.4, 0.5) is 0 Å². The second kappa shape index (κ2) is 13.7. The van der Waals surface area contributed by atoms with Gasteiger partial charge in [-0.15, -0.1) is 0 Å². The van der Waals surface area contributed by atoms with Gasteiger partial charge in [0.2, 0.25) is 5.91 Å². The Morgan fingerprint density at radius 3 is 2.10 bits per heavy atom. The van der Waals surface area contributed by atoms with E-state index in [1.165, 1.54) is 6.26 Å². The van der Waals surface area contributed by atoms with Crippen molar-refractivity contribution in [1.82, 2.24) is 15.1 Å². The Hall–Kier alpha value is -3.49. The molecule has 4 rings (SSSR count). The Morgan fingerprint density at radius 1 is 0.925 bits per heavy atom. The van der Waals surface area contributed by atoms with Gasteiger partial charge in [-0.1, -0.05) is 60.7 Å². The summed E-state index contributed by atoms with van der Waals surface area (Å²) in [6.45, 7) is 5.30. The van der Waals surface area contributed by atoms with E-state index >= 15 is 0 Å². The highest BCUT2D eigenvalue weighted by Crippen LogP contribution is 2.22. The number of likely N-dealkylation sites (tertiary alicyclic amines) is 1. The number of carbonyl (C=O) groups excluding carboxylic acids is 2. The predicted molar refractivity (Wildman–Crippen MR) is 158 cm³/mol. The van der Waals surface area contributed by atoms with Crippen LogP contribution in [0.1, 0.15) is 53.7 Å². The molecule has 0 radical (unpaired) electrons. The van der Waals surface area contributed by atoms with Crippen LogP contribution >= 0.6 is 0 Å². The van der Waals surface area contributed by atoms with Crippen LogP contribution in [-0.4, -0.2) is 68.5 Å². The summed E-state index contributed by atoms with van der Waals surface area (Å²) in [6, 6.07) is 26.1. The Balaban J connectivity index is 1.30. The zero-order chi connectivity index (χ0) is 28.5. The van der Waals surface area contributed by atoms with Gasteiger partial charge < -0.3 is 15.1 Å². The Bertz CT molecular complexity index is 1350. The van der Waals surface area contributed by atoms with Gasteiger partial charge in [-0.05, 0) is 61.6 Å². The summed E-state index contributed by atoms with van der Waals surface area (Å²) >= 11 is 0. The molecule has 0 aliphatic carbocycles. The SMILES string of the molecule is CCN(C(=O)Cc1ccc(S(C)(=O)=O)cc1)C1CCN(CCC(NC(=O)c2ccccc2)c2ccccc2)CC1. The molecule has 1 fully saturated rings. The second-order valence-electron chi connectivity index (χ2n) is 10.4. The maximum Gasteiger partial charge on any atom is 0.251 e. The third-order valence-corrected chi connectivity index (χ3v) is 8.77. The lowest BCUT2D eigenvalue weighted by Crippen LogP contribution is -2.48. The first-order chi connectivity index (χ1) is 19.2. The highest BCUT2D eigenvalue weighted by molar-refractivity contribution is 7.90. The molecule has 40 heavy (non-hydrogen) atoms. The van der Waals surface area contributed by atoms with Crippen LogP contribution in [-0.2, 0) is 21.1 Å². The predicted octanol–water partition coefficient (Wildman–Crippen LogP) is 4.51. The second-order valence-corrected chi connectivity index (χ2v) is 12.5. The molecule has 0 bridgehead atoms. The highest BCUT2D eigenvalue weighted by Gasteiger charge is 2.27. The number of amides is 2. The zero-order valence-corrected chi connectivity index (χ0v) is 24.1. The lowest BCUT2D eigenvalue weighted by Gasteiger charge is -2.38. The van der Waals surface area contributed by atoms with E-state index in [9.17, 15) is 18.0 Å². The van der Waals surface area contributed by atoms with Crippen molar-refractivity contribution in [3.63, 3.8) is 0 Å². The van der Waals surface area contributed by atoms with Gasteiger partial charge in [0.25, 0.3) is 5.91 Å². The number of hydrogen-bond acceptors (Lipinski definition) is 5. The van der Waals surface area contributed by atoms with E-state index in [0.29, 0.717) is 12.1 Å². The van der Waals surface area contributed by atoms with Crippen LogP contribution in [0.15, 0.2) is 89.8 Å². The topological polar surface area (TPSA) is 86.8 Å². The van der Waals surface area contributed by atoms with Crippen molar-refractivity contribution < 1.29 is 18.0 Å². The molecule has 3 aromatic carbocycles. The smallest absolute Gasteiger partial charge is 0.251 e. The normalized spacial score (nSPS) is 15.3. The van der Waals surface area contributed by atoms with Crippen LogP contribution in [0, 0.1) is 0 Å². The minimum atomic E-state index is -3.26. The van der Waals surface area contributed by atoms with Gasteiger partial charge in [0.15, 0.2) is 9.84 Å². The van der Waals surface area contributed by atoms with E-state index in [1.54, 1.807) is 24.3 Å². The van der Waals surface area contributed by atoms with E-state index < -0.39 is 9.84 Å². The van der Waals surface area contributed by atoms with Crippen LogP contribution in [0.5, 0.6) is 0 Å². The summed E-state index contributed by atoms with van der Waals surface area (Å²) in [5.41, 5.74) is 2.56. The Morgan fingerprint density at radius 2 is 1.52 bits per heavy atom. The third-order valence-electron chi connectivity index (χ3n) is 7.64. The summed E-state index contributed by atoms with van der Waals surface area (Å²) in [5.74, 6) is -0.00274. The number of nitrogens with one attached hydrogen (secondary N) is 1. The maximum absolute atomic E-state index is 13.2. The minimum Gasteiger partial charge on any atom is -0.345 e. The molecule has 1 atom stereocenters. The number of benzene rings is 3. The standard InChI is InChI=1S/C32H39N3O4S/c1-3-35(31(36)24-25-14-16-29(17-15-25)40(2,38)39)28-18-21-34(22-19-28)23-20-30(26-10-6-4-7-11-26)33-32(37)27-12-8-5-9-13-27/h4-17,28,30H,3,18-24H2,1-2H3,(H,33,37). The fourth-order valence-electron chi connectivity index (χ4n) is 5.37. The third kappa shape index (κ3) is 8.02. The van der Waals surface area contributed by atoms with Crippen LogP contribution in [0.2, 0.25) is 0 Å². The molecule has 1 N–H and O–H groups in total. The fourth-order valence-corrected chi connectivity index (χ4v) is 6.00. The number of sulfone groups is 1. The quantitative estimate of drug-likeness (QED) is 0.372. The van der Waals surface area contributed by atoms with Crippen molar-refractivity contribution in [2.45, 2.75) is 49.6 Å². The van der Waals surface area contributed by atoms with E-state index in [4.69, 9.17) is 0 Å². The number of nitrogens with zero attached hydrogens (tertiary/aromatic N) is 2. The van der Waals surface area contributed by atoms with Crippen molar-refractivity contribution in [3.05, 3.63) is 102 Å². The van der Waals surface area contributed by atoms with Gasteiger partial charge in [-0.3, -0.25) is 9.59 Å². The fraction of sp³-hybridized carbons (Fsp3) is 0.375. The first-order valence-electron chi connectivity index (χ1n) is 14.0. The molecule has 1 aliphatic heterocycles. The molecule has 1 saturated heterocycles. The molecule has 1 unspecified atom stereocenters. The summed E-state index contributed by atoms with van der Waals surface area (Å²) in [6.07, 6.45) is 4.05. The molecule has 8 heteroatoms. The van der Waals surface area contributed by atoms with E-state index in [2.05, 4.69) is 22.3 Å². The summed E-state index contributed by atoms with van der Waals surface area (Å²) in [5, 5.41) is 3.22. The molecule has 1 aliphatic rings. The van der Waals surface area contributed by atoms with Gasteiger partial charge >= 0.3 is 0 Å². The summed E-state index contributed by atoms with van der Waals surface area (Å²) < 4.78 is 23.4.